The molecule has 1 atom stereocenters. The highest BCUT2D eigenvalue weighted by molar-refractivity contribution is 6.19. The van der Waals surface area contributed by atoms with Gasteiger partial charge in [-0.1, -0.05) is 12.1 Å². The molecule has 1 spiro atoms. The van der Waals surface area contributed by atoms with Gasteiger partial charge in [0.05, 0.1) is 5.57 Å². The molecule has 3 aliphatic rings. The summed E-state index contributed by atoms with van der Waals surface area (Å²) in [6.07, 6.45) is 1.50. The number of nitrogens with one attached hydrogen (secondary N) is 1. The third-order valence-corrected chi connectivity index (χ3v) is 4.94. The van der Waals surface area contributed by atoms with Crippen LogP contribution >= 0.6 is 0 Å². The SMILES string of the molecule is Cc1cccc2c1[C@]1(C(=O)N2)C(C#N)=C(N)OC2=C1C(=O)CCC2. The van der Waals surface area contributed by atoms with Crippen molar-refractivity contribution in [2.75, 3.05) is 5.32 Å². The van der Waals surface area contributed by atoms with Gasteiger partial charge in [-0.25, -0.2) is 0 Å². The van der Waals surface area contributed by atoms with Gasteiger partial charge in [0, 0.05) is 24.1 Å². The zero-order valence-electron chi connectivity index (χ0n) is 13.1. The zero-order chi connectivity index (χ0) is 17.1. The lowest BCUT2D eigenvalue weighted by molar-refractivity contribution is -0.123. The summed E-state index contributed by atoms with van der Waals surface area (Å²) in [5, 5.41) is 12.5. The first kappa shape index (κ1) is 14.5. The maximum atomic E-state index is 13.1. The van der Waals surface area contributed by atoms with Crippen LogP contribution in [0.2, 0.25) is 0 Å². The summed E-state index contributed by atoms with van der Waals surface area (Å²) in [5.74, 6) is -0.272. The molecule has 1 aromatic rings. The summed E-state index contributed by atoms with van der Waals surface area (Å²) in [7, 11) is 0. The first-order chi connectivity index (χ1) is 11.5. The lowest BCUT2D eigenvalue weighted by atomic mass is 9.64. The minimum Gasteiger partial charge on any atom is -0.444 e. The number of ketones is 1. The Balaban J connectivity index is 2.16. The molecule has 2 aliphatic heterocycles. The number of rotatable bonds is 0. The molecular formula is C18H15N3O3. The van der Waals surface area contributed by atoms with Crippen molar-refractivity contribution >= 4 is 17.4 Å². The fraction of sp³-hybridized carbons (Fsp3) is 0.278. The number of hydrogen-bond donors (Lipinski definition) is 2. The van der Waals surface area contributed by atoms with Crippen LogP contribution in [0, 0.1) is 18.3 Å². The number of nitrogens with two attached hydrogens (primary N) is 1. The Morgan fingerprint density at radius 1 is 1.33 bits per heavy atom. The number of aryl methyl sites for hydroxylation is 1. The fourth-order valence-electron chi connectivity index (χ4n) is 4.04. The number of carbonyl (C=O) groups excluding carboxylic acids is 2. The summed E-state index contributed by atoms with van der Waals surface area (Å²) in [6.45, 7) is 1.86. The number of amides is 1. The van der Waals surface area contributed by atoms with Gasteiger partial charge in [-0.3, -0.25) is 9.59 Å². The van der Waals surface area contributed by atoms with E-state index in [1.807, 2.05) is 25.1 Å². The number of ether oxygens (including phenoxy) is 1. The minimum atomic E-state index is -1.50. The van der Waals surface area contributed by atoms with Crippen LogP contribution < -0.4 is 11.1 Å². The summed E-state index contributed by atoms with van der Waals surface area (Å²) < 4.78 is 5.57. The van der Waals surface area contributed by atoms with E-state index >= 15 is 0 Å². The molecule has 120 valence electrons. The molecule has 1 amide bonds. The monoisotopic (exact) mass is 321 g/mol. The number of hydrogen-bond acceptors (Lipinski definition) is 5. The Hall–Kier alpha value is -3.07. The standard InChI is InChI=1S/C18H15N3O3/c1-9-4-2-5-11-14(9)18(17(23)21-11)10(8-19)16(20)24-13-7-3-6-12(22)15(13)18/h2,4-5H,3,6-7,20H2,1H3,(H,21,23)/t18-/m1/s1. The Bertz CT molecular complexity index is 920. The second-order valence-electron chi connectivity index (χ2n) is 6.23. The molecule has 0 saturated carbocycles. The Morgan fingerprint density at radius 3 is 2.88 bits per heavy atom. The lowest BCUT2D eigenvalue weighted by Crippen LogP contribution is -2.46. The van der Waals surface area contributed by atoms with Crippen LogP contribution in [0.3, 0.4) is 0 Å². The Labute approximate surface area is 138 Å². The highest BCUT2D eigenvalue weighted by Gasteiger charge is 2.60. The number of carbonyl (C=O) groups is 2. The molecule has 0 aromatic heterocycles. The molecule has 6 nitrogen and oxygen atoms in total. The second-order valence-corrected chi connectivity index (χ2v) is 6.23. The molecule has 0 fully saturated rings. The topological polar surface area (TPSA) is 105 Å². The van der Waals surface area contributed by atoms with Crippen molar-refractivity contribution in [1.29, 1.82) is 5.26 Å². The smallest absolute Gasteiger partial charge is 0.245 e. The first-order valence-electron chi connectivity index (χ1n) is 7.78. The molecule has 1 aliphatic carbocycles. The van der Waals surface area contributed by atoms with Crippen LogP contribution in [-0.2, 0) is 19.7 Å². The van der Waals surface area contributed by atoms with Gasteiger partial charge in [-0.2, -0.15) is 5.26 Å². The summed E-state index contributed by atoms with van der Waals surface area (Å²) in [4.78, 5) is 25.8. The minimum absolute atomic E-state index is 0.0120. The van der Waals surface area contributed by atoms with E-state index in [2.05, 4.69) is 5.32 Å². The molecule has 4 rings (SSSR count). The van der Waals surface area contributed by atoms with E-state index in [0.717, 1.165) is 5.56 Å². The molecule has 0 unspecified atom stereocenters. The van der Waals surface area contributed by atoms with Crippen LogP contribution in [0.5, 0.6) is 0 Å². The summed E-state index contributed by atoms with van der Waals surface area (Å²) in [5.41, 5.74) is 6.78. The van der Waals surface area contributed by atoms with Crippen molar-refractivity contribution in [1.82, 2.24) is 0 Å². The van der Waals surface area contributed by atoms with Crippen LogP contribution in [0.1, 0.15) is 30.4 Å². The van der Waals surface area contributed by atoms with E-state index in [-0.39, 0.29) is 22.8 Å². The average molecular weight is 321 g/mol. The third-order valence-electron chi connectivity index (χ3n) is 4.94. The van der Waals surface area contributed by atoms with Crippen LogP contribution in [0.4, 0.5) is 5.69 Å². The number of anilines is 1. The van der Waals surface area contributed by atoms with Gasteiger partial charge in [0.1, 0.15) is 22.8 Å². The van der Waals surface area contributed by atoms with Crippen LogP contribution in [-0.4, -0.2) is 11.7 Å². The summed E-state index contributed by atoms with van der Waals surface area (Å²) >= 11 is 0. The lowest BCUT2D eigenvalue weighted by Gasteiger charge is -2.37. The quantitative estimate of drug-likeness (QED) is 0.759. The summed E-state index contributed by atoms with van der Waals surface area (Å²) in [6, 6.07) is 7.47. The number of nitrogens with zero attached hydrogens (tertiary/aromatic N) is 1. The van der Waals surface area contributed by atoms with Gasteiger partial charge in [-0.05, 0) is 25.0 Å². The Morgan fingerprint density at radius 2 is 2.12 bits per heavy atom. The molecule has 1 aromatic carbocycles. The highest BCUT2D eigenvalue weighted by Crippen LogP contribution is 2.54. The zero-order valence-corrected chi connectivity index (χ0v) is 13.1. The van der Waals surface area contributed by atoms with Crippen molar-refractivity contribution in [3.8, 4) is 6.07 Å². The largest absolute Gasteiger partial charge is 0.444 e. The molecule has 3 N–H and O–H groups in total. The van der Waals surface area contributed by atoms with Crippen molar-refractivity contribution in [3.63, 3.8) is 0 Å². The molecule has 6 heteroatoms. The van der Waals surface area contributed by atoms with Gasteiger partial charge >= 0.3 is 0 Å². The Kier molecular flexibility index (Phi) is 2.85. The average Bonchev–Trinajstić information content (AvgIpc) is 2.82. The van der Waals surface area contributed by atoms with Crippen molar-refractivity contribution < 1.29 is 14.3 Å². The molecule has 0 saturated heterocycles. The molecule has 0 radical (unpaired) electrons. The van der Waals surface area contributed by atoms with E-state index in [1.165, 1.54) is 0 Å². The van der Waals surface area contributed by atoms with Crippen LogP contribution in [0.25, 0.3) is 0 Å². The fourth-order valence-corrected chi connectivity index (χ4v) is 4.04. The highest BCUT2D eigenvalue weighted by atomic mass is 16.5. The van der Waals surface area contributed by atoms with E-state index in [0.29, 0.717) is 36.3 Å². The van der Waals surface area contributed by atoms with Crippen molar-refractivity contribution in [2.24, 2.45) is 5.73 Å². The molecule has 24 heavy (non-hydrogen) atoms. The first-order valence-corrected chi connectivity index (χ1v) is 7.78. The van der Waals surface area contributed by atoms with E-state index in [4.69, 9.17) is 10.5 Å². The second kappa shape index (κ2) is 4.71. The van der Waals surface area contributed by atoms with Crippen molar-refractivity contribution in [2.45, 2.75) is 31.6 Å². The maximum Gasteiger partial charge on any atom is 0.245 e. The molecular weight excluding hydrogens is 306 g/mol. The van der Waals surface area contributed by atoms with E-state index in [1.54, 1.807) is 6.07 Å². The van der Waals surface area contributed by atoms with E-state index < -0.39 is 11.3 Å². The van der Waals surface area contributed by atoms with Crippen molar-refractivity contribution in [3.05, 3.63) is 52.1 Å². The number of Topliss-reactive ketones (excluding diaryl/α,β-unsaturated/α-hetero) is 1. The molecule has 0 bridgehead atoms. The predicted octanol–water partition coefficient (Wildman–Crippen LogP) is 1.92. The van der Waals surface area contributed by atoms with Gasteiger partial charge < -0.3 is 15.8 Å². The number of allylic oxidation sites excluding steroid dienone is 1. The van der Waals surface area contributed by atoms with Gasteiger partial charge in [-0.15, -0.1) is 0 Å². The third kappa shape index (κ3) is 1.54. The predicted molar refractivity (Wildman–Crippen MR) is 85.3 cm³/mol. The number of benzene rings is 1. The van der Waals surface area contributed by atoms with Gasteiger partial charge in [0.15, 0.2) is 5.78 Å². The number of fused-ring (bicyclic) bond motifs is 3. The molecule has 2 heterocycles. The number of nitriles is 1. The van der Waals surface area contributed by atoms with Gasteiger partial charge in [0.25, 0.3) is 0 Å². The van der Waals surface area contributed by atoms with Crippen LogP contribution in [0.15, 0.2) is 41.0 Å². The van der Waals surface area contributed by atoms with Gasteiger partial charge in [0.2, 0.25) is 11.8 Å². The normalized spacial score (nSPS) is 25.2. The van der Waals surface area contributed by atoms with E-state index in [9.17, 15) is 14.9 Å². The maximum absolute atomic E-state index is 13.1.